The summed E-state index contributed by atoms with van der Waals surface area (Å²) in [6.07, 6.45) is 0.822. The third-order valence-electron chi connectivity index (χ3n) is 2.37. The first kappa shape index (κ1) is 10.2. The summed E-state index contributed by atoms with van der Waals surface area (Å²) in [5, 5.41) is 8.48. The molecule has 1 aromatic rings. The Balaban J connectivity index is 2.50. The van der Waals surface area contributed by atoms with Crippen molar-refractivity contribution in [2.45, 2.75) is 26.4 Å². The Hall–Kier alpha value is -0.860. The summed E-state index contributed by atoms with van der Waals surface area (Å²) >= 11 is 0. The Kier molecular flexibility index (Phi) is 3.93. The first-order valence-electron chi connectivity index (χ1n) is 4.58. The van der Waals surface area contributed by atoms with Crippen molar-refractivity contribution in [1.29, 1.82) is 0 Å². The molecule has 0 heterocycles. The summed E-state index contributed by atoms with van der Waals surface area (Å²) in [7, 11) is 0. The summed E-state index contributed by atoms with van der Waals surface area (Å²) in [6.45, 7) is 3.93. The molecular formula is C11H16O2. The highest BCUT2D eigenvalue weighted by molar-refractivity contribution is 5.15. The third kappa shape index (κ3) is 3.17. The van der Waals surface area contributed by atoms with Crippen molar-refractivity contribution in [2.24, 2.45) is 5.92 Å². The topological polar surface area (TPSA) is 29.5 Å². The Bertz CT molecular complexity index is 233. The Morgan fingerprint density at radius 1 is 1.23 bits per heavy atom. The largest absolute Gasteiger partial charge is 0.252 e. The van der Waals surface area contributed by atoms with Gasteiger partial charge in [0.2, 0.25) is 0 Å². The standard InChI is InChI=1S/C11H16O2/c1-9(10(2)13-12)8-11-6-4-3-5-7-11/h3-7,9-10,12H,8H2,1-2H3. The van der Waals surface area contributed by atoms with Crippen molar-refractivity contribution >= 4 is 0 Å². The molecule has 0 aliphatic rings. The quantitative estimate of drug-likeness (QED) is 0.570. The summed E-state index contributed by atoms with van der Waals surface area (Å²) in [5.74, 6) is 0.326. The van der Waals surface area contributed by atoms with E-state index >= 15 is 0 Å². The van der Waals surface area contributed by atoms with Gasteiger partial charge in [0, 0.05) is 0 Å². The minimum absolute atomic E-state index is 0.111. The molecule has 0 aromatic heterocycles. The van der Waals surface area contributed by atoms with Gasteiger partial charge in [0.15, 0.2) is 0 Å². The average molecular weight is 180 g/mol. The highest BCUT2D eigenvalue weighted by atomic mass is 17.1. The van der Waals surface area contributed by atoms with Crippen LogP contribution >= 0.6 is 0 Å². The van der Waals surface area contributed by atoms with Crippen LogP contribution in [0.25, 0.3) is 0 Å². The number of rotatable bonds is 4. The van der Waals surface area contributed by atoms with E-state index in [0.29, 0.717) is 5.92 Å². The van der Waals surface area contributed by atoms with E-state index in [4.69, 9.17) is 5.26 Å². The molecule has 13 heavy (non-hydrogen) atoms. The highest BCUT2D eigenvalue weighted by Gasteiger charge is 2.12. The van der Waals surface area contributed by atoms with E-state index in [2.05, 4.69) is 23.9 Å². The first-order valence-corrected chi connectivity index (χ1v) is 4.58. The molecule has 2 nitrogen and oxygen atoms in total. The van der Waals surface area contributed by atoms with Gasteiger partial charge in [-0.25, -0.2) is 4.89 Å². The average Bonchev–Trinajstić information content (AvgIpc) is 2.18. The van der Waals surface area contributed by atoms with Crippen molar-refractivity contribution in [3.63, 3.8) is 0 Å². The SMILES string of the molecule is CC(Cc1ccccc1)C(C)OO. The normalized spacial score (nSPS) is 15.3. The fourth-order valence-electron chi connectivity index (χ4n) is 1.26. The zero-order valence-corrected chi connectivity index (χ0v) is 8.10. The lowest BCUT2D eigenvalue weighted by molar-refractivity contribution is -0.283. The van der Waals surface area contributed by atoms with Crippen LogP contribution in [0.5, 0.6) is 0 Å². The lowest BCUT2D eigenvalue weighted by Gasteiger charge is -2.16. The fourth-order valence-corrected chi connectivity index (χ4v) is 1.26. The summed E-state index contributed by atoms with van der Waals surface area (Å²) in [4.78, 5) is 4.28. The zero-order chi connectivity index (χ0) is 9.68. The van der Waals surface area contributed by atoms with E-state index in [1.165, 1.54) is 5.56 Å². The van der Waals surface area contributed by atoms with Gasteiger partial charge in [-0.1, -0.05) is 37.3 Å². The summed E-state index contributed by atoms with van der Waals surface area (Å²) < 4.78 is 0. The molecular weight excluding hydrogens is 164 g/mol. The molecule has 0 radical (unpaired) electrons. The van der Waals surface area contributed by atoms with Gasteiger partial charge in [-0.2, -0.15) is 0 Å². The Morgan fingerprint density at radius 2 is 1.85 bits per heavy atom. The van der Waals surface area contributed by atoms with Gasteiger partial charge >= 0.3 is 0 Å². The maximum Gasteiger partial charge on any atom is 0.0927 e. The van der Waals surface area contributed by atoms with Gasteiger partial charge in [-0.15, -0.1) is 0 Å². The second kappa shape index (κ2) is 5.00. The van der Waals surface area contributed by atoms with Crippen LogP contribution in [0.4, 0.5) is 0 Å². The molecule has 72 valence electrons. The van der Waals surface area contributed by atoms with Crippen molar-refractivity contribution in [1.82, 2.24) is 0 Å². The van der Waals surface area contributed by atoms with Gasteiger partial charge < -0.3 is 0 Å². The van der Waals surface area contributed by atoms with Crippen LogP contribution in [0, 0.1) is 5.92 Å². The van der Waals surface area contributed by atoms with Crippen LogP contribution in [-0.4, -0.2) is 11.4 Å². The molecule has 0 aliphatic carbocycles. The van der Waals surface area contributed by atoms with Gasteiger partial charge in [0.25, 0.3) is 0 Å². The molecule has 1 aromatic carbocycles. The van der Waals surface area contributed by atoms with Crippen LogP contribution in [-0.2, 0) is 11.3 Å². The van der Waals surface area contributed by atoms with E-state index in [1.54, 1.807) is 0 Å². The van der Waals surface area contributed by atoms with Gasteiger partial charge in [0.1, 0.15) is 0 Å². The fraction of sp³-hybridized carbons (Fsp3) is 0.455. The molecule has 2 heteroatoms. The molecule has 2 atom stereocenters. The smallest absolute Gasteiger partial charge is 0.0927 e. The molecule has 1 N–H and O–H groups in total. The molecule has 0 aliphatic heterocycles. The molecule has 0 bridgehead atoms. The van der Waals surface area contributed by atoms with Crippen molar-refractivity contribution in [3.05, 3.63) is 35.9 Å². The summed E-state index contributed by atoms with van der Waals surface area (Å²) in [5.41, 5.74) is 1.28. The zero-order valence-electron chi connectivity index (χ0n) is 8.10. The predicted octanol–water partition coefficient (Wildman–Crippen LogP) is 2.74. The Labute approximate surface area is 79.1 Å². The lowest BCUT2D eigenvalue weighted by Crippen LogP contribution is -2.18. The van der Waals surface area contributed by atoms with E-state index in [1.807, 2.05) is 25.1 Å². The molecule has 0 amide bonds. The van der Waals surface area contributed by atoms with Gasteiger partial charge in [-0.3, -0.25) is 5.26 Å². The molecule has 0 spiro atoms. The van der Waals surface area contributed by atoms with Gasteiger partial charge in [-0.05, 0) is 24.8 Å². The number of hydrogen-bond donors (Lipinski definition) is 1. The predicted molar refractivity (Wildman–Crippen MR) is 52.5 cm³/mol. The van der Waals surface area contributed by atoms with Crippen LogP contribution in [0.1, 0.15) is 19.4 Å². The summed E-state index contributed by atoms with van der Waals surface area (Å²) in [6, 6.07) is 10.2. The van der Waals surface area contributed by atoms with Crippen LogP contribution < -0.4 is 0 Å². The second-order valence-electron chi connectivity index (χ2n) is 3.48. The first-order chi connectivity index (χ1) is 6.24. The van der Waals surface area contributed by atoms with Crippen molar-refractivity contribution in [3.8, 4) is 0 Å². The number of benzene rings is 1. The molecule has 0 saturated heterocycles. The second-order valence-corrected chi connectivity index (χ2v) is 3.48. The highest BCUT2D eigenvalue weighted by Crippen LogP contribution is 2.13. The van der Waals surface area contributed by atoms with E-state index in [0.717, 1.165) is 6.42 Å². The molecule has 2 unspecified atom stereocenters. The van der Waals surface area contributed by atoms with E-state index in [9.17, 15) is 0 Å². The minimum Gasteiger partial charge on any atom is -0.252 e. The molecule has 0 fully saturated rings. The minimum atomic E-state index is -0.111. The van der Waals surface area contributed by atoms with E-state index < -0.39 is 0 Å². The third-order valence-corrected chi connectivity index (χ3v) is 2.37. The van der Waals surface area contributed by atoms with Crippen LogP contribution in [0.15, 0.2) is 30.3 Å². The maximum atomic E-state index is 8.48. The monoisotopic (exact) mass is 180 g/mol. The Morgan fingerprint density at radius 3 is 2.38 bits per heavy atom. The van der Waals surface area contributed by atoms with E-state index in [-0.39, 0.29) is 6.10 Å². The van der Waals surface area contributed by atoms with Crippen molar-refractivity contribution in [2.75, 3.05) is 0 Å². The number of hydrogen-bond acceptors (Lipinski definition) is 2. The van der Waals surface area contributed by atoms with Crippen molar-refractivity contribution < 1.29 is 10.1 Å². The molecule has 0 saturated carbocycles. The lowest BCUT2D eigenvalue weighted by atomic mass is 9.97. The van der Waals surface area contributed by atoms with Crippen LogP contribution in [0.3, 0.4) is 0 Å². The van der Waals surface area contributed by atoms with Crippen LogP contribution in [0.2, 0.25) is 0 Å². The molecule has 1 rings (SSSR count). The maximum absolute atomic E-state index is 8.48. The van der Waals surface area contributed by atoms with Gasteiger partial charge in [0.05, 0.1) is 6.10 Å².